The second-order valence-corrected chi connectivity index (χ2v) is 9.30. The fourth-order valence-electron chi connectivity index (χ4n) is 4.55. The largest absolute Gasteiger partial charge is 0.497 e. The molecule has 0 spiro atoms. The summed E-state index contributed by atoms with van der Waals surface area (Å²) in [6.07, 6.45) is 0. The molecule has 0 radical (unpaired) electrons. The number of aromatic nitrogens is 1. The number of nitrogens with one attached hydrogen (secondary N) is 1. The molecule has 1 aliphatic heterocycles. The number of amides is 2. The van der Waals surface area contributed by atoms with Gasteiger partial charge in [0.1, 0.15) is 27.6 Å². The molecular weight excluding hydrogens is 450 g/mol. The van der Waals surface area contributed by atoms with Gasteiger partial charge in [0, 0.05) is 23.2 Å². The summed E-state index contributed by atoms with van der Waals surface area (Å²) in [7, 11) is 3.20. The molecule has 7 nitrogen and oxygen atoms in total. The monoisotopic (exact) mass is 475 g/mol. The lowest BCUT2D eigenvalue weighted by molar-refractivity contribution is -0.126. The highest BCUT2D eigenvalue weighted by Crippen LogP contribution is 2.37. The molecule has 1 atom stereocenters. The van der Waals surface area contributed by atoms with Crippen LogP contribution < -0.4 is 19.7 Å². The van der Waals surface area contributed by atoms with Crippen molar-refractivity contribution < 1.29 is 19.1 Å². The summed E-state index contributed by atoms with van der Waals surface area (Å²) >= 11 is 1.57. The van der Waals surface area contributed by atoms with Crippen LogP contribution in [0.25, 0.3) is 10.2 Å². The van der Waals surface area contributed by atoms with Crippen LogP contribution in [0.5, 0.6) is 11.5 Å². The van der Waals surface area contributed by atoms with Crippen LogP contribution in [0.15, 0.2) is 66.0 Å². The smallest absolute Gasteiger partial charge is 0.275 e. The summed E-state index contributed by atoms with van der Waals surface area (Å²) in [5.41, 5.74) is 0.919. The Balaban J connectivity index is 1.55. The Morgan fingerprint density at radius 1 is 1.09 bits per heavy atom. The number of para-hydroxylation sites is 1. The van der Waals surface area contributed by atoms with Crippen molar-refractivity contribution in [3.63, 3.8) is 0 Å². The van der Waals surface area contributed by atoms with Crippen LogP contribution in [0.3, 0.4) is 0 Å². The van der Waals surface area contributed by atoms with E-state index in [1.54, 1.807) is 42.6 Å². The van der Waals surface area contributed by atoms with E-state index in [1.165, 1.54) is 0 Å². The molecule has 3 heterocycles. The van der Waals surface area contributed by atoms with Crippen LogP contribution in [-0.4, -0.2) is 36.1 Å². The molecule has 0 saturated carbocycles. The standard InChI is InChI=1S/C26H25N3O4S/c1-26(25(31)27-15-18-6-4-5-7-22(18)33-3)16-28-21(14-17-12-13-34-24(17)28)23(30)29(26)19-8-10-20(32-2)11-9-19/h4-14H,15-16H2,1-3H3,(H,27,31)/t26-/m1/s1. The van der Waals surface area contributed by atoms with Crippen molar-refractivity contribution in [3.05, 3.63) is 77.3 Å². The van der Waals surface area contributed by atoms with E-state index in [2.05, 4.69) is 5.32 Å². The van der Waals surface area contributed by atoms with Crippen molar-refractivity contribution in [1.29, 1.82) is 0 Å². The Bertz CT molecular complexity index is 1370. The van der Waals surface area contributed by atoms with E-state index in [0.29, 0.717) is 29.4 Å². The van der Waals surface area contributed by atoms with E-state index < -0.39 is 5.54 Å². The lowest BCUT2D eigenvalue weighted by Crippen LogP contribution is -2.64. The third kappa shape index (κ3) is 3.51. The van der Waals surface area contributed by atoms with E-state index in [1.807, 2.05) is 65.4 Å². The fourth-order valence-corrected chi connectivity index (χ4v) is 5.44. The van der Waals surface area contributed by atoms with Gasteiger partial charge in [0.25, 0.3) is 5.91 Å². The van der Waals surface area contributed by atoms with Crippen LogP contribution in [0.1, 0.15) is 23.0 Å². The van der Waals surface area contributed by atoms with Gasteiger partial charge in [0.05, 0.1) is 20.8 Å². The summed E-state index contributed by atoms with van der Waals surface area (Å²) in [4.78, 5) is 30.2. The first kappa shape index (κ1) is 22.0. The maximum Gasteiger partial charge on any atom is 0.275 e. The first-order chi connectivity index (χ1) is 16.5. The molecular formula is C26H25N3O4S. The van der Waals surface area contributed by atoms with Gasteiger partial charge in [0.15, 0.2) is 0 Å². The Kier molecular flexibility index (Phi) is 5.53. The Hall–Kier alpha value is -3.78. The number of fused-ring (bicyclic) bond motifs is 3. The highest BCUT2D eigenvalue weighted by molar-refractivity contribution is 7.16. The fraction of sp³-hybridized carbons (Fsp3) is 0.231. The molecule has 174 valence electrons. The minimum atomic E-state index is -1.16. The Labute approximate surface area is 201 Å². The average Bonchev–Trinajstić information content (AvgIpc) is 3.45. The van der Waals surface area contributed by atoms with Crippen LogP contribution >= 0.6 is 11.3 Å². The molecule has 2 amide bonds. The minimum Gasteiger partial charge on any atom is -0.497 e. The van der Waals surface area contributed by atoms with Gasteiger partial charge < -0.3 is 19.4 Å². The molecule has 2 aromatic heterocycles. The quantitative estimate of drug-likeness (QED) is 0.447. The third-order valence-electron chi connectivity index (χ3n) is 6.34. The zero-order valence-corrected chi connectivity index (χ0v) is 20.0. The van der Waals surface area contributed by atoms with Gasteiger partial charge in [-0.15, -0.1) is 11.3 Å². The number of nitrogens with zero attached hydrogens (tertiary/aromatic N) is 2. The van der Waals surface area contributed by atoms with Gasteiger partial charge in [-0.25, -0.2) is 0 Å². The summed E-state index contributed by atoms with van der Waals surface area (Å²) in [6, 6.07) is 18.7. The maximum atomic E-state index is 13.8. The average molecular weight is 476 g/mol. The molecule has 0 saturated heterocycles. The molecule has 8 heteroatoms. The van der Waals surface area contributed by atoms with Crippen molar-refractivity contribution in [1.82, 2.24) is 9.88 Å². The molecule has 4 aromatic rings. The predicted octanol–water partition coefficient (Wildman–Crippen LogP) is 4.46. The topological polar surface area (TPSA) is 72.8 Å². The first-order valence-electron chi connectivity index (χ1n) is 10.9. The van der Waals surface area contributed by atoms with E-state index in [0.717, 1.165) is 15.8 Å². The van der Waals surface area contributed by atoms with E-state index >= 15 is 0 Å². The maximum absolute atomic E-state index is 13.8. The van der Waals surface area contributed by atoms with Gasteiger partial charge in [0.2, 0.25) is 5.91 Å². The third-order valence-corrected chi connectivity index (χ3v) is 7.29. The van der Waals surface area contributed by atoms with Crippen molar-refractivity contribution in [2.45, 2.75) is 25.6 Å². The molecule has 1 aliphatic rings. The van der Waals surface area contributed by atoms with Gasteiger partial charge >= 0.3 is 0 Å². The van der Waals surface area contributed by atoms with Crippen molar-refractivity contribution in [2.75, 3.05) is 19.1 Å². The van der Waals surface area contributed by atoms with E-state index in [4.69, 9.17) is 9.47 Å². The van der Waals surface area contributed by atoms with Gasteiger partial charge in [-0.2, -0.15) is 0 Å². The van der Waals surface area contributed by atoms with Crippen LogP contribution in [-0.2, 0) is 17.9 Å². The summed E-state index contributed by atoms with van der Waals surface area (Å²) in [5, 5.41) is 6.04. The highest BCUT2D eigenvalue weighted by atomic mass is 32.1. The predicted molar refractivity (Wildman–Crippen MR) is 133 cm³/mol. The molecule has 34 heavy (non-hydrogen) atoms. The molecule has 0 bridgehead atoms. The Morgan fingerprint density at radius 2 is 1.85 bits per heavy atom. The number of benzene rings is 2. The molecule has 1 N–H and O–H groups in total. The van der Waals surface area contributed by atoms with Crippen molar-refractivity contribution >= 4 is 39.1 Å². The second-order valence-electron chi connectivity index (χ2n) is 8.40. The minimum absolute atomic E-state index is 0.213. The van der Waals surface area contributed by atoms with E-state index in [-0.39, 0.29) is 18.4 Å². The van der Waals surface area contributed by atoms with Gasteiger partial charge in [-0.05, 0) is 54.8 Å². The lowest BCUT2D eigenvalue weighted by atomic mass is 9.93. The van der Waals surface area contributed by atoms with Gasteiger partial charge in [-0.3, -0.25) is 14.5 Å². The number of carbonyl (C=O) groups excluding carboxylic acids is 2. The van der Waals surface area contributed by atoms with Crippen molar-refractivity contribution in [3.8, 4) is 11.5 Å². The summed E-state index contributed by atoms with van der Waals surface area (Å²) in [5.74, 6) is 0.925. The second kappa shape index (κ2) is 8.53. The van der Waals surface area contributed by atoms with Gasteiger partial charge in [-0.1, -0.05) is 18.2 Å². The first-order valence-corrected chi connectivity index (χ1v) is 11.8. The number of ether oxygens (including phenoxy) is 2. The normalized spacial score (nSPS) is 17.5. The molecule has 0 unspecified atom stereocenters. The lowest BCUT2D eigenvalue weighted by Gasteiger charge is -2.44. The van der Waals surface area contributed by atoms with Crippen LogP contribution in [0, 0.1) is 0 Å². The summed E-state index contributed by atoms with van der Waals surface area (Å²) < 4.78 is 12.7. The number of hydrogen-bond donors (Lipinski definition) is 1. The number of rotatable bonds is 6. The molecule has 5 rings (SSSR count). The number of anilines is 1. The molecule has 0 fully saturated rings. The SMILES string of the molecule is COc1ccc(N2C(=O)c3cc4ccsc4n3C[C@]2(C)C(=O)NCc2ccccc2OC)cc1. The number of thiophene rings is 1. The van der Waals surface area contributed by atoms with Crippen LogP contribution in [0.4, 0.5) is 5.69 Å². The highest BCUT2D eigenvalue weighted by Gasteiger charge is 2.48. The molecule has 2 aromatic carbocycles. The van der Waals surface area contributed by atoms with Crippen LogP contribution in [0.2, 0.25) is 0 Å². The number of methoxy groups -OCH3 is 2. The zero-order valence-electron chi connectivity index (χ0n) is 19.2. The van der Waals surface area contributed by atoms with E-state index in [9.17, 15) is 9.59 Å². The number of carbonyl (C=O) groups is 2. The summed E-state index contributed by atoms with van der Waals surface area (Å²) in [6.45, 7) is 2.44. The van der Waals surface area contributed by atoms with Crippen molar-refractivity contribution in [2.24, 2.45) is 0 Å². The zero-order chi connectivity index (χ0) is 23.9. The number of hydrogen-bond acceptors (Lipinski definition) is 5. The molecule has 0 aliphatic carbocycles. The Morgan fingerprint density at radius 3 is 2.59 bits per heavy atom.